The maximum atomic E-state index is 14.4. The predicted molar refractivity (Wildman–Crippen MR) is 132 cm³/mol. The van der Waals surface area contributed by atoms with Crippen LogP contribution in [0, 0.1) is 17.1 Å². The smallest absolute Gasteiger partial charge is 0.255 e. The monoisotopic (exact) mass is 504 g/mol. The molecule has 3 aliphatic heterocycles. The standard InChI is InChI=1S/C28H29FN4O4/c29-22-7-2-1-6-21(22)28(18-30)11-14-32(15-12-28)13-4-16-37-24-8-3-5-19-20(24)17-33(27(19)36)23-9-10-25(34)31-26(23)35/h1-3,5-8,23H,4,9-17H2,(H,31,34,35). The first-order valence-electron chi connectivity index (χ1n) is 12.7. The zero-order valence-corrected chi connectivity index (χ0v) is 20.5. The van der Waals surface area contributed by atoms with Crippen molar-refractivity contribution in [2.75, 3.05) is 26.2 Å². The number of piperidine rings is 2. The van der Waals surface area contributed by atoms with Gasteiger partial charge in [0.25, 0.3) is 5.91 Å². The van der Waals surface area contributed by atoms with Gasteiger partial charge in [0.1, 0.15) is 17.6 Å². The SMILES string of the molecule is N#CC1(c2ccccc2F)CCN(CCCOc2cccc3c2CN(C2CCC(=O)NC2=O)C3=O)CC1. The average Bonchev–Trinajstić information content (AvgIpc) is 3.24. The fraction of sp³-hybridized carbons (Fsp3) is 0.429. The highest BCUT2D eigenvalue weighted by molar-refractivity contribution is 6.05. The molecule has 2 saturated heterocycles. The molecule has 192 valence electrons. The predicted octanol–water partition coefficient (Wildman–Crippen LogP) is 2.91. The number of imide groups is 1. The van der Waals surface area contributed by atoms with Gasteiger partial charge in [0.15, 0.2) is 0 Å². The lowest BCUT2D eigenvalue weighted by Crippen LogP contribution is -2.52. The van der Waals surface area contributed by atoms with E-state index in [1.807, 2.05) is 6.07 Å². The highest BCUT2D eigenvalue weighted by Crippen LogP contribution is 2.37. The molecule has 2 aromatic rings. The van der Waals surface area contributed by atoms with E-state index < -0.39 is 17.4 Å². The van der Waals surface area contributed by atoms with Crippen molar-refractivity contribution in [3.63, 3.8) is 0 Å². The zero-order valence-electron chi connectivity index (χ0n) is 20.5. The van der Waals surface area contributed by atoms with Crippen molar-refractivity contribution in [2.45, 2.75) is 50.1 Å². The molecule has 0 bridgehead atoms. The molecule has 5 rings (SSSR count). The van der Waals surface area contributed by atoms with Crippen LogP contribution in [0.1, 0.15) is 53.6 Å². The lowest BCUT2D eigenvalue weighted by molar-refractivity contribution is -0.136. The first-order valence-corrected chi connectivity index (χ1v) is 12.7. The van der Waals surface area contributed by atoms with Crippen LogP contribution in [-0.4, -0.2) is 59.8 Å². The van der Waals surface area contributed by atoms with Crippen molar-refractivity contribution in [1.29, 1.82) is 5.26 Å². The number of halogens is 1. The molecule has 1 N–H and O–H groups in total. The van der Waals surface area contributed by atoms with Gasteiger partial charge in [0.05, 0.1) is 24.6 Å². The zero-order chi connectivity index (χ0) is 26.0. The van der Waals surface area contributed by atoms with Crippen LogP contribution in [0.25, 0.3) is 0 Å². The number of fused-ring (bicyclic) bond motifs is 1. The Morgan fingerprint density at radius 3 is 2.62 bits per heavy atom. The van der Waals surface area contributed by atoms with Crippen LogP contribution < -0.4 is 10.1 Å². The molecule has 2 aromatic carbocycles. The molecule has 8 nitrogen and oxygen atoms in total. The largest absolute Gasteiger partial charge is 0.493 e. The van der Waals surface area contributed by atoms with Gasteiger partial charge >= 0.3 is 0 Å². The number of nitriles is 1. The molecule has 0 aromatic heterocycles. The lowest BCUT2D eigenvalue weighted by atomic mass is 9.74. The average molecular weight is 505 g/mol. The van der Waals surface area contributed by atoms with Crippen LogP contribution in [0.5, 0.6) is 5.75 Å². The number of nitrogens with one attached hydrogen (secondary N) is 1. The van der Waals surface area contributed by atoms with E-state index in [0.717, 1.165) is 18.5 Å². The van der Waals surface area contributed by atoms with Crippen LogP contribution in [0.4, 0.5) is 4.39 Å². The third-order valence-electron chi connectivity index (χ3n) is 7.73. The molecule has 1 unspecified atom stereocenters. The maximum absolute atomic E-state index is 14.4. The number of nitrogens with zero attached hydrogens (tertiary/aromatic N) is 3. The van der Waals surface area contributed by atoms with Gasteiger partial charge in [-0.25, -0.2) is 4.39 Å². The van der Waals surface area contributed by atoms with Gasteiger partial charge in [0, 0.05) is 29.7 Å². The molecule has 9 heteroatoms. The Bertz CT molecular complexity index is 1270. The summed E-state index contributed by atoms with van der Waals surface area (Å²) in [7, 11) is 0. The number of carbonyl (C=O) groups is 3. The molecular weight excluding hydrogens is 475 g/mol. The minimum Gasteiger partial charge on any atom is -0.493 e. The quantitative estimate of drug-likeness (QED) is 0.460. The Labute approximate surface area is 215 Å². The van der Waals surface area contributed by atoms with E-state index in [1.165, 1.54) is 11.0 Å². The van der Waals surface area contributed by atoms with E-state index in [0.29, 0.717) is 55.8 Å². The molecule has 3 heterocycles. The van der Waals surface area contributed by atoms with Gasteiger partial charge in [-0.3, -0.25) is 19.7 Å². The highest BCUT2D eigenvalue weighted by atomic mass is 19.1. The van der Waals surface area contributed by atoms with E-state index in [4.69, 9.17) is 4.74 Å². The van der Waals surface area contributed by atoms with E-state index in [9.17, 15) is 24.0 Å². The van der Waals surface area contributed by atoms with Crippen molar-refractivity contribution in [1.82, 2.24) is 15.1 Å². The second-order valence-corrected chi connectivity index (χ2v) is 9.90. The van der Waals surface area contributed by atoms with Crippen molar-refractivity contribution < 1.29 is 23.5 Å². The van der Waals surface area contributed by atoms with Gasteiger partial charge in [-0.1, -0.05) is 24.3 Å². The first-order chi connectivity index (χ1) is 17.9. The van der Waals surface area contributed by atoms with Crippen LogP contribution in [0.3, 0.4) is 0 Å². The summed E-state index contributed by atoms with van der Waals surface area (Å²) in [6, 6.07) is 13.6. The first kappa shape index (κ1) is 24.9. The minimum absolute atomic E-state index is 0.214. The Morgan fingerprint density at radius 1 is 1.11 bits per heavy atom. The van der Waals surface area contributed by atoms with Crippen molar-refractivity contribution in [3.05, 3.63) is 65.0 Å². The second-order valence-electron chi connectivity index (χ2n) is 9.90. The van der Waals surface area contributed by atoms with E-state index in [1.54, 1.807) is 30.3 Å². The van der Waals surface area contributed by atoms with Gasteiger partial charge in [-0.05, 0) is 57.0 Å². The van der Waals surface area contributed by atoms with E-state index >= 15 is 0 Å². The Balaban J connectivity index is 1.14. The maximum Gasteiger partial charge on any atom is 0.255 e. The number of likely N-dealkylation sites (tertiary alicyclic amines) is 1. The third-order valence-corrected chi connectivity index (χ3v) is 7.73. The molecule has 0 saturated carbocycles. The summed E-state index contributed by atoms with van der Waals surface area (Å²) in [5.41, 5.74) is 0.988. The molecule has 0 aliphatic carbocycles. The fourth-order valence-electron chi connectivity index (χ4n) is 5.61. The summed E-state index contributed by atoms with van der Waals surface area (Å²) in [6.45, 7) is 2.93. The number of hydrogen-bond acceptors (Lipinski definition) is 6. The minimum atomic E-state index is -0.788. The van der Waals surface area contributed by atoms with Crippen molar-refractivity contribution in [3.8, 4) is 11.8 Å². The second kappa shape index (κ2) is 10.3. The Hall–Kier alpha value is -3.77. The fourth-order valence-corrected chi connectivity index (χ4v) is 5.61. The van der Waals surface area contributed by atoms with Crippen LogP contribution in [-0.2, 0) is 21.5 Å². The topological polar surface area (TPSA) is 103 Å². The molecule has 0 radical (unpaired) electrons. The summed E-state index contributed by atoms with van der Waals surface area (Å²) in [5.74, 6) is -0.664. The summed E-state index contributed by atoms with van der Waals surface area (Å²) in [6.07, 6.45) is 2.45. The molecule has 0 spiro atoms. The number of carbonyl (C=O) groups excluding carboxylic acids is 3. The summed E-state index contributed by atoms with van der Waals surface area (Å²) in [5, 5.41) is 12.2. The molecular formula is C28H29FN4O4. The van der Waals surface area contributed by atoms with Crippen LogP contribution in [0.15, 0.2) is 42.5 Å². The summed E-state index contributed by atoms with van der Waals surface area (Å²) >= 11 is 0. The van der Waals surface area contributed by atoms with Gasteiger partial charge < -0.3 is 14.5 Å². The summed E-state index contributed by atoms with van der Waals surface area (Å²) in [4.78, 5) is 40.5. The van der Waals surface area contributed by atoms with E-state index in [2.05, 4.69) is 16.3 Å². The van der Waals surface area contributed by atoms with Gasteiger partial charge in [0.2, 0.25) is 11.8 Å². The normalized spacial score (nSPS) is 21.4. The van der Waals surface area contributed by atoms with Crippen LogP contribution in [0.2, 0.25) is 0 Å². The number of hydrogen-bond donors (Lipinski definition) is 1. The number of ether oxygens (including phenoxy) is 1. The molecule has 3 amide bonds. The Morgan fingerprint density at radius 2 is 1.89 bits per heavy atom. The van der Waals surface area contributed by atoms with Crippen molar-refractivity contribution >= 4 is 17.7 Å². The molecule has 2 fully saturated rings. The number of rotatable bonds is 7. The number of amides is 3. The molecule has 37 heavy (non-hydrogen) atoms. The van der Waals surface area contributed by atoms with Crippen molar-refractivity contribution in [2.24, 2.45) is 0 Å². The van der Waals surface area contributed by atoms with Crippen LogP contribution >= 0.6 is 0 Å². The van der Waals surface area contributed by atoms with E-state index in [-0.39, 0.29) is 30.6 Å². The lowest BCUT2D eigenvalue weighted by Gasteiger charge is -2.37. The third kappa shape index (κ3) is 4.81. The van der Waals surface area contributed by atoms with Gasteiger partial charge in [-0.2, -0.15) is 5.26 Å². The molecule has 3 aliphatic rings. The highest BCUT2D eigenvalue weighted by Gasteiger charge is 2.40. The molecule has 1 atom stereocenters. The van der Waals surface area contributed by atoms with Gasteiger partial charge in [-0.15, -0.1) is 0 Å². The Kier molecular flexibility index (Phi) is 6.94. The number of benzene rings is 2. The summed E-state index contributed by atoms with van der Waals surface area (Å²) < 4.78 is 20.4.